The predicted octanol–water partition coefficient (Wildman–Crippen LogP) is 9.99. The van der Waals surface area contributed by atoms with E-state index in [4.69, 9.17) is 19.9 Å². The Morgan fingerprint density at radius 2 is 0.535 bits per heavy atom. The molecule has 0 radical (unpaired) electrons. The molecule has 25 heterocycles. The molecule has 142 heavy (non-hydrogen) atoms. The molecule has 5 aliphatic rings. The van der Waals surface area contributed by atoms with Gasteiger partial charge < -0.3 is 73.1 Å². The fourth-order valence-electron chi connectivity index (χ4n) is 19.7. The molecule has 5 saturated heterocycles. The molecule has 0 bridgehead atoms. The van der Waals surface area contributed by atoms with E-state index in [1.165, 1.54) is 0 Å². The predicted molar refractivity (Wildman–Crippen MR) is 555 cm³/mol. The molecule has 0 unspecified atom stereocenters. The summed E-state index contributed by atoms with van der Waals surface area (Å²) in [7, 11) is 0. The van der Waals surface area contributed by atoms with Gasteiger partial charge in [-0.1, -0.05) is 0 Å². The van der Waals surface area contributed by atoms with E-state index in [-0.39, 0.29) is 27.8 Å². The molecule has 0 amide bonds. The third kappa shape index (κ3) is 19.6. The minimum atomic E-state index is -0.113. The second-order valence-corrected chi connectivity index (χ2v) is 37.6. The summed E-state index contributed by atoms with van der Waals surface area (Å²) in [5.41, 5.74) is 25.7. The van der Waals surface area contributed by atoms with Crippen LogP contribution < -0.4 is 78.9 Å². The Morgan fingerprint density at radius 3 is 0.894 bits per heavy atom. The molecule has 20 aromatic rings. The summed E-state index contributed by atoms with van der Waals surface area (Å²) in [5, 5.41) is 17.2. The summed E-state index contributed by atoms with van der Waals surface area (Å²) >= 11 is 0. The highest BCUT2D eigenvalue weighted by Gasteiger charge is 2.26. The number of hydrogen-bond acceptors (Lipinski definition) is 27. The number of aryl methyl sites for hydroxylation is 7. The lowest BCUT2D eigenvalue weighted by Gasteiger charge is -2.37. The van der Waals surface area contributed by atoms with Crippen LogP contribution in [0, 0.1) is 48.5 Å². The van der Waals surface area contributed by atoms with E-state index in [1.807, 2.05) is 248 Å². The van der Waals surface area contributed by atoms with Gasteiger partial charge in [0.2, 0.25) is 0 Å². The summed E-state index contributed by atoms with van der Waals surface area (Å²) in [4.78, 5) is 131. The van der Waals surface area contributed by atoms with Gasteiger partial charge in [0, 0.05) is 262 Å². The third-order valence-electron chi connectivity index (χ3n) is 26.4. The van der Waals surface area contributed by atoms with Crippen molar-refractivity contribution in [3.05, 3.63) is 312 Å². The van der Waals surface area contributed by atoms with Crippen LogP contribution in [0.1, 0.15) is 74.0 Å². The monoisotopic (exact) mass is 1900 g/mol. The number of fused-ring (bicyclic) bond motifs is 10. The van der Waals surface area contributed by atoms with Crippen molar-refractivity contribution in [2.45, 2.75) is 107 Å². The lowest BCUT2D eigenvalue weighted by molar-refractivity contribution is 0.407. The number of anilines is 5. The quantitative estimate of drug-likeness (QED) is 0.0849. The highest BCUT2D eigenvalue weighted by atomic mass is 16.1. The van der Waals surface area contributed by atoms with Crippen LogP contribution in [0.5, 0.6) is 0 Å². The molecule has 25 rings (SSSR count). The first-order valence-electron chi connectivity index (χ1n) is 48.4. The number of nitrogens with one attached hydrogen (secondary N) is 5. The summed E-state index contributed by atoms with van der Waals surface area (Å²) in [6.45, 7) is 37.5. The second-order valence-electron chi connectivity index (χ2n) is 37.6. The van der Waals surface area contributed by atoms with Crippen LogP contribution >= 0.6 is 0 Å². The van der Waals surface area contributed by atoms with Gasteiger partial charge in [0.15, 0.2) is 11.3 Å². The van der Waals surface area contributed by atoms with Crippen molar-refractivity contribution in [3.63, 3.8) is 0 Å². The van der Waals surface area contributed by atoms with Gasteiger partial charge in [0.1, 0.15) is 56.6 Å². The summed E-state index contributed by atoms with van der Waals surface area (Å²) < 4.78 is 17.9. The van der Waals surface area contributed by atoms with E-state index in [0.29, 0.717) is 92.3 Å². The van der Waals surface area contributed by atoms with Gasteiger partial charge in [-0.05, 0) is 186 Å². The van der Waals surface area contributed by atoms with Gasteiger partial charge in [-0.3, -0.25) is 55.9 Å². The van der Waals surface area contributed by atoms with E-state index < -0.39 is 0 Å². The van der Waals surface area contributed by atoms with Crippen LogP contribution in [0.4, 0.5) is 28.4 Å². The smallest absolute Gasteiger partial charge is 0.258 e. The van der Waals surface area contributed by atoms with Crippen LogP contribution in [-0.2, 0) is 0 Å². The molecule has 5 N–H and O–H groups in total. The average Bonchev–Trinajstić information content (AvgIpc) is 1.54. The average molecular weight is 1900 g/mol. The van der Waals surface area contributed by atoms with Crippen molar-refractivity contribution in [3.8, 4) is 56.5 Å². The number of piperazine rings is 4. The molecule has 5 fully saturated rings. The van der Waals surface area contributed by atoms with Crippen LogP contribution in [0.2, 0.25) is 0 Å². The van der Waals surface area contributed by atoms with E-state index in [9.17, 15) is 24.0 Å². The minimum absolute atomic E-state index is 0.0725. The maximum Gasteiger partial charge on any atom is 0.258 e. The molecule has 5 aliphatic heterocycles. The third-order valence-corrected chi connectivity index (χ3v) is 26.4. The van der Waals surface area contributed by atoms with Crippen LogP contribution in [-0.4, -0.2) is 233 Å². The highest BCUT2D eigenvalue weighted by molar-refractivity contribution is 5.70. The van der Waals surface area contributed by atoms with Gasteiger partial charge in [-0.25, -0.2) is 49.8 Å². The molecular weight excluding hydrogens is 1790 g/mol. The lowest BCUT2D eigenvalue weighted by Crippen LogP contribution is -2.54. The normalized spacial score (nSPS) is 17.0. The van der Waals surface area contributed by atoms with Gasteiger partial charge in [0.05, 0.1) is 96.8 Å². The fraction of sp³-hybridized carbons (Fsp3) is 0.305. The van der Waals surface area contributed by atoms with Crippen LogP contribution in [0.25, 0.3) is 113 Å². The van der Waals surface area contributed by atoms with Gasteiger partial charge >= 0.3 is 0 Å². The zero-order valence-electron chi connectivity index (χ0n) is 81.2. The Balaban J connectivity index is 0.000000105. The Bertz CT molecular complexity index is 8380. The van der Waals surface area contributed by atoms with E-state index in [2.05, 4.69) is 131 Å². The molecule has 37 heteroatoms. The van der Waals surface area contributed by atoms with Crippen molar-refractivity contribution in [1.29, 1.82) is 0 Å². The largest absolute Gasteiger partial charge is 0.369 e. The standard InChI is InChI=1S/C22H24N6O.C21H23N7O.2C21H22N6O.C20H21N7O/c1-14-9-26(10-15(2)23-14)18-5-7-21-25-19(8-22(29)28(21)13-18)17-4-6-20-24-16(3)11-27(20)12-17;1-13-9-26(7-6-22-13)16-4-5-19-24-17(8-20(29)28(19)11-16)18-12-27-10-14(2)23-15(3)21(27)25-18;1-14-10-25(8-7-22-14)17-4-6-20-24-18(9-21(28)27(20)13-17)16-3-5-19-23-15(2)11-26(19)12-16;1-15-12-26-13-16(3-5-19(26)23-15)18-11-21(28)27-14-17(4-6-20(27)24-18)25-9-2-7-22-8-10-25;1-13-10-26-12-17(24-20(26)14(2)22-13)16-9-19(28)27-11-15(3-4-18(27)23-16)25-7-5-21-6-8-25/h4-8,11-15,23H,9-10H2,1-3H3;4-5,8,10-13,22H,6-7,9H2,1-3H3;3-6,9,11-14,22H,7-8,10H2,1-2H3;3-6,11-14,22H,2,7-10H2,1H3;3-4,9-12,21H,5-8H2,1-2H3/t14-,15+;13-;14-;;/m.00../s1. The van der Waals surface area contributed by atoms with E-state index in [0.717, 1.165) is 224 Å². The molecule has 0 aliphatic carbocycles. The zero-order valence-corrected chi connectivity index (χ0v) is 81.2. The SMILES string of the molecule is Cc1cn2cc(-c3cc(=O)n4cc(N5CCCNCC5)ccc4n3)ccc2n1.Cc1cn2cc(-c3cc(=O)n4cc(N5CCNCC5)ccc4n3)nc2c(C)n1.Cc1cn2cc(-c3cc(=O)n4cc(N5CCN[C@@H](C)C5)ccc4n3)ccc2n1.Cc1cn2cc(-c3cc(=O)n4cc(N5CCN[C@@H](C)C5)ccc4n3)nc2c(C)n1.Cc1cn2cc(-c3cc(=O)n4cc(N5C[C@@H](C)N[C@@H](C)C5)ccc4n3)ccc2n1. The van der Waals surface area contributed by atoms with Crippen molar-refractivity contribution < 1.29 is 0 Å². The Kier molecular flexibility index (Phi) is 25.3. The molecular formula is C105H112N32O5. The maximum atomic E-state index is 12.9. The number of imidazole rings is 5. The fourth-order valence-corrected chi connectivity index (χ4v) is 19.7. The number of hydrogen-bond donors (Lipinski definition) is 5. The highest BCUT2D eigenvalue weighted by Crippen LogP contribution is 2.30. The molecule has 0 aromatic carbocycles. The number of pyridine rings is 8. The molecule has 20 aromatic heterocycles. The summed E-state index contributed by atoms with van der Waals surface area (Å²) in [5.74, 6) is 0. The first-order valence-corrected chi connectivity index (χ1v) is 48.4. The van der Waals surface area contributed by atoms with Gasteiger partial charge in [0.25, 0.3) is 27.8 Å². The van der Waals surface area contributed by atoms with Gasteiger partial charge in [-0.15, -0.1) is 0 Å². The second kappa shape index (κ2) is 38.9. The van der Waals surface area contributed by atoms with E-state index in [1.54, 1.807) is 52.3 Å². The molecule has 0 saturated carbocycles. The summed E-state index contributed by atoms with van der Waals surface area (Å²) in [6, 6.07) is 41.1. The Morgan fingerprint density at radius 1 is 0.246 bits per heavy atom. The number of aromatic nitrogens is 22. The van der Waals surface area contributed by atoms with Crippen molar-refractivity contribution in [2.75, 3.05) is 129 Å². The molecule has 0 spiro atoms. The number of rotatable bonds is 10. The Labute approximate surface area is 815 Å². The maximum absolute atomic E-state index is 12.9. The molecule has 37 nitrogen and oxygen atoms in total. The minimum Gasteiger partial charge on any atom is -0.369 e. The summed E-state index contributed by atoms with van der Waals surface area (Å²) in [6.07, 6.45) is 30.0. The van der Waals surface area contributed by atoms with Gasteiger partial charge in [-0.2, -0.15) is 0 Å². The zero-order chi connectivity index (χ0) is 97.8. The first-order chi connectivity index (χ1) is 68.7. The molecule has 722 valence electrons. The van der Waals surface area contributed by atoms with Crippen LogP contribution in [0.15, 0.2) is 244 Å². The van der Waals surface area contributed by atoms with E-state index >= 15 is 0 Å². The molecule has 4 atom stereocenters. The van der Waals surface area contributed by atoms with Crippen molar-refractivity contribution >= 4 is 84.9 Å². The first kappa shape index (κ1) is 92.3. The topological polar surface area (TPSA) is 360 Å². The lowest BCUT2D eigenvalue weighted by atomic mass is 10.1. The Hall–Kier alpha value is -16.1. The van der Waals surface area contributed by atoms with Crippen LogP contribution in [0.3, 0.4) is 0 Å². The van der Waals surface area contributed by atoms with Crippen molar-refractivity contribution in [2.24, 2.45) is 0 Å². The van der Waals surface area contributed by atoms with Crippen molar-refractivity contribution in [1.82, 2.24) is 130 Å². The number of nitrogens with zero attached hydrogens (tertiary/aromatic N) is 27.